The van der Waals surface area contributed by atoms with Crippen LogP contribution in [-0.4, -0.2) is 7.05 Å². The van der Waals surface area contributed by atoms with Crippen LogP contribution in [0.5, 0.6) is 0 Å². The van der Waals surface area contributed by atoms with E-state index in [1.165, 1.54) is 16.8 Å². The molecule has 19 heavy (non-hydrogen) atoms. The fourth-order valence-corrected chi connectivity index (χ4v) is 3.10. The summed E-state index contributed by atoms with van der Waals surface area (Å²) in [6, 6.07) is 14.3. The van der Waals surface area contributed by atoms with Crippen LogP contribution in [0.3, 0.4) is 0 Å². The second-order valence-corrected chi connectivity index (χ2v) is 6.31. The highest BCUT2D eigenvalue weighted by atomic mass is 79.9. The van der Waals surface area contributed by atoms with E-state index >= 15 is 0 Å². The number of rotatable bonds is 4. The number of hydrogen-bond acceptors (Lipinski definition) is 1. The molecular weight excluding hydrogens is 389 g/mol. The predicted molar refractivity (Wildman–Crippen MR) is 90.3 cm³/mol. The number of benzene rings is 2. The van der Waals surface area contributed by atoms with Gasteiger partial charge in [0.25, 0.3) is 0 Å². The quantitative estimate of drug-likeness (QED) is 0.598. The van der Waals surface area contributed by atoms with E-state index in [-0.39, 0.29) is 0 Å². The fourth-order valence-electron chi connectivity index (χ4n) is 2.03. The number of hydrogen-bond donors (Lipinski definition) is 0. The maximum Gasteiger partial charge on any atom is 0.0426 e. The third-order valence-electron chi connectivity index (χ3n) is 2.91. The Morgan fingerprint density at radius 2 is 1.95 bits per heavy atom. The lowest BCUT2D eigenvalue weighted by atomic mass is 10.1. The molecule has 0 aliphatic heterocycles. The molecule has 100 valence electrons. The molecule has 0 heterocycles. The van der Waals surface area contributed by atoms with Crippen molar-refractivity contribution < 1.29 is 0 Å². The Morgan fingerprint density at radius 3 is 2.63 bits per heavy atom. The fraction of sp³-hybridized carbons (Fsp3) is 0.200. The molecule has 0 N–H and O–H groups in total. The van der Waals surface area contributed by atoms with Crippen LogP contribution in [0, 0.1) is 0 Å². The van der Waals surface area contributed by atoms with Gasteiger partial charge in [-0.25, -0.2) is 0 Å². The molecular formula is C15H14Br2ClN. The summed E-state index contributed by atoms with van der Waals surface area (Å²) >= 11 is 13.1. The summed E-state index contributed by atoms with van der Waals surface area (Å²) in [5, 5.41) is 1.61. The third kappa shape index (κ3) is 3.98. The summed E-state index contributed by atoms with van der Waals surface area (Å²) in [4.78, 5) is 2.23. The molecule has 0 aliphatic carbocycles. The van der Waals surface area contributed by atoms with Crippen LogP contribution >= 0.6 is 43.5 Å². The lowest BCUT2D eigenvalue weighted by Crippen LogP contribution is -2.17. The predicted octanol–water partition coefficient (Wildman–Crippen LogP) is 5.63. The van der Waals surface area contributed by atoms with Gasteiger partial charge in [-0.05, 0) is 41.5 Å². The maximum atomic E-state index is 6.02. The molecule has 2 rings (SSSR count). The second kappa shape index (κ2) is 6.78. The van der Waals surface area contributed by atoms with Crippen molar-refractivity contribution in [2.24, 2.45) is 0 Å². The van der Waals surface area contributed by atoms with E-state index < -0.39 is 0 Å². The lowest BCUT2D eigenvalue weighted by Gasteiger charge is -2.22. The first kappa shape index (κ1) is 14.9. The maximum absolute atomic E-state index is 6.02. The van der Waals surface area contributed by atoms with Gasteiger partial charge in [-0.1, -0.05) is 55.6 Å². The van der Waals surface area contributed by atoms with Gasteiger partial charge in [0.2, 0.25) is 0 Å². The first-order valence-corrected chi connectivity index (χ1v) is 8.19. The van der Waals surface area contributed by atoms with Crippen LogP contribution in [0.15, 0.2) is 46.9 Å². The van der Waals surface area contributed by atoms with Gasteiger partial charge in [0, 0.05) is 34.1 Å². The zero-order valence-corrected chi connectivity index (χ0v) is 14.5. The minimum absolute atomic E-state index is 0.780. The molecule has 0 saturated carbocycles. The largest absolute Gasteiger partial charge is 0.370 e. The zero-order chi connectivity index (χ0) is 13.8. The highest BCUT2D eigenvalue weighted by Crippen LogP contribution is 2.27. The van der Waals surface area contributed by atoms with Crippen LogP contribution in [-0.2, 0) is 11.9 Å². The van der Waals surface area contributed by atoms with Gasteiger partial charge >= 0.3 is 0 Å². The van der Waals surface area contributed by atoms with Crippen LogP contribution < -0.4 is 4.90 Å². The number of alkyl halides is 1. The van der Waals surface area contributed by atoms with Crippen LogP contribution in [0.2, 0.25) is 5.02 Å². The van der Waals surface area contributed by atoms with Crippen molar-refractivity contribution >= 4 is 49.1 Å². The zero-order valence-electron chi connectivity index (χ0n) is 10.5. The summed E-state index contributed by atoms with van der Waals surface area (Å²) < 4.78 is 1.10. The van der Waals surface area contributed by atoms with Crippen molar-refractivity contribution in [2.75, 3.05) is 11.9 Å². The highest BCUT2D eigenvalue weighted by Gasteiger charge is 2.08. The summed E-state index contributed by atoms with van der Waals surface area (Å²) in [5.41, 5.74) is 3.69. The van der Waals surface area contributed by atoms with Crippen LogP contribution in [0.25, 0.3) is 0 Å². The summed E-state index contributed by atoms with van der Waals surface area (Å²) in [7, 11) is 2.09. The lowest BCUT2D eigenvalue weighted by molar-refractivity contribution is 0.916. The van der Waals surface area contributed by atoms with Gasteiger partial charge in [-0.3, -0.25) is 0 Å². The van der Waals surface area contributed by atoms with E-state index in [1.54, 1.807) is 0 Å². The summed E-state index contributed by atoms with van der Waals surface area (Å²) in [6.45, 7) is 0.836. The molecule has 4 heteroatoms. The number of halogens is 3. The first-order valence-electron chi connectivity index (χ1n) is 5.90. The minimum Gasteiger partial charge on any atom is -0.370 e. The normalized spacial score (nSPS) is 10.5. The molecule has 0 fully saturated rings. The van der Waals surface area contributed by atoms with E-state index in [1.807, 2.05) is 18.2 Å². The SMILES string of the molecule is CN(Cc1cccc(Cl)c1)c1ccc(Br)cc1CBr. The van der Waals surface area contributed by atoms with Gasteiger partial charge in [0.1, 0.15) is 0 Å². The van der Waals surface area contributed by atoms with Gasteiger partial charge in [0.15, 0.2) is 0 Å². The third-order valence-corrected chi connectivity index (χ3v) is 4.24. The van der Waals surface area contributed by atoms with E-state index in [0.29, 0.717) is 0 Å². The molecule has 0 amide bonds. The van der Waals surface area contributed by atoms with Crippen molar-refractivity contribution in [1.29, 1.82) is 0 Å². The van der Waals surface area contributed by atoms with E-state index in [9.17, 15) is 0 Å². The Morgan fingerprint density at radius 1 is 1.16 bits per heavy atom. The Balaban J connectivity index is 2.22. The van der Waals surface area contributed by atoms with E-state index in [0.717, 1.165) is 21.4 Å². The molecule has 0 aliphatic rings. The van der Waals surface area contributed by atoms with Gasteiger partial charge in [0.05, 0.1) is 0 Å². The first-order chi connectivity index (χ1) is 9.10. The van der Waals surface area contributed by atoms with E-state index in [2.05, 4.69) is 68.1 Å². The molecule has 2 aromatic carbocycles. The Hall–Kier alpha value is -0.510. The molecule has 0 spiro atoms. The van der Waals surface area contributed by atoms with Gasteiger partial charge < -0.3 is 4.90 Å². The Bertz CT molecular complexity index is 572. The van der Waals surface area contributed by atoms with Crippen molar-refractivity contribution in [1.82, 2.24) is 0 Å². The average molecular weight is 404 g/mol. The van der Waals surface area contributed by atoms with Gasteiger partial charge in [-0.2, -0.15) is 0 Å². The van der Waals surface area contributed by atoms with Crippen molar-refractivity contribution in [3.63, 3.8) is 0 Å². The second-order valence-electron chi connectivity index (χ2n) is 4.39. The van der Waals surface area contributed by atoms with Crippen molar-refractivity contribution in [2.45, 2.75) is 11.9 Å². The van der Waals surface area contributed by atoms with Crippen molar-refractivity contribution in [3.05, 3.63) is 63.1 Å². The molecule has 1 nitrogen and oxygen atoms in total. The summed E-state index contributed by atoms with van der Waals surface area (Å²) in [6.07, 6.45) is 0. The van der Waals surface area contributed by atoms with Gasteiger partial charge in [-0.15, -0.1) is 0 Å². The Labute approximate surface area is 135 Å². The molecule has 0 atom stereocenters. The molecule has 0 radical (unpaired) electrons. The van der Waals surface area contributed by atoms with Crippen LogP contribution in [0.1, 0.15) is 11.1 Å². The molecule has 0 unspecified atom stereocenters. The summed E-state index contributed by atoms with van der Waals surface area (Å²) in [5.74, 6) is 0. The monoisotopic (exact) mass is 401 g/mol. The van der Waals surface area contributed by atoms with Crippen LogP contribution in [0.4, 0.5) is 5.69 Å². The minimum atomic E-state index is 0.780. The smallest absolute Gasteiger partial charge is 0.0426 e. The topological polar surface area (TPSA) is 3.24 Å². The highest BCUT2D eigenvalue weighted by molar-refractivity contribution is 9.10. The van der Waals surface area contributed by atoms with E-state index in [4.69, 9.17) is 11.6 Å². The number of anilines is 1. The Kier molecular flexibility index (Phi) is 5.31. The molecule has 2 aromatic rings. The molecule has 0 bridgehead atoms. The molecule has 0 saturated heterocycles. The average Bonchev–Trinajstić information content (AvgIpc) is 2.38. The standard InChI is InChI=1S/C15H14Br2ClN/c1-19(10-11-3-2-4-14(18)7-11)15-6-5-13(17)8-12(15)9-16/h2-8H,9-10H2,1H3. The van der Waals surface area contributed by atoms with Crippen molar-refractivity contribution in [3.8, 4) is 0 Å². The molecule has 0 aromatic heterocycles. The number of nitrogens with zero attached hydrogens (tertiary/aromatic N) is 1.